The van der Waals surface area contributed by atoms with Gasteiger partial charge in [-0.25, -0.2) is 0 Å². The predicted molar refractivity (Wildman–Crippen MR) is 60.4 cm³/mol. The molecule has 2 heteroatoms. The number of anilines is 1. The summed E-state index contributed by atoms with van der Waals surface area (Å²) < 4.78 is 1.85. The Hall–Kier alpha value is -0.950. The third kappa shape index (κ3) is 1.09. The van der Waals surface area contributed by atoms with Gasteiger partial charge in [0, 0.05) is 17.3 Å². The number of nitrogens with zero attached hydrogens (tertiary/aromatic N) is 1. The molecule has 72 valence electrons. The van der Waals surface area contributed by atoms with Crippen molar-refractivity contribution >= 4 is 23.0 Å². The van der Waals surface area contributed by atoms with Crippen LogP contribution >= 0.6 is 11.8 Å². The molecule has 0 aromatic heterocycles. The van der Waals surface area contributed by atoms with Gasteiger partial charge in [0.05, 0.1) is 12.2 Å². The molecule has 0 spiro atoms. The van der Waals surface area contributed by atoms with Gasteiger partial charge in [-0.2, -0.15) is 0 Å². The lowest BCUT2D eigenvalue weighted by Gasteiger charge is -2.26. The van der Waals surface area contributed by atoms with Crippen molar-refractivity contribution in [2.45, 2.75) is 19.3 Å². The minimum atomic E-state index is 0.911. The third-order valence-electron chi connectivity index (χ3n) is 3.15. The van der Waals surface area contributed by atoms with Gasteiger partial charge >= 0.3 is 0 Å². The predicted octanol–water partition coefficient (Wildman–Crippen LogP) is 3.60. The van der Waals surface area contributed by atoms with E-state index in [4.69, 9.17) is 11.8 Å². The molecule has 1 aromatic rings. The van der Waals surface area contributed by atoms with Crippen molar-refractivity contribution in [1.82, 2.24) is 0 Å². The van der Waals surface area contributed by atoms with Crippen LogP contribution in [0.5, 0.6) is 0 Å². The Kier molecular flexibility index (Phi) is 1.81. The lowest BCUT2D eigenvalue weighted by molar-refractivity contribution is 0.894. The van der Waals surface area contributed by atoms with Gasteiger partial charge in [0.15, 0.2) is 0 Å². The fourth-order valence-electron chi connectivity index (χ4n) is 2.50. The summed E-state index contributed by atoms with van der Waals surface area (Å²) in [6.45, 7) is 0.911. The smallest absolute Gasteiger partial charge is 0.0602 e. The van der Waals surface area contributed by atoms with E-state index in [0.717, 1.165) is 6.54 Å². The maximum absolute atomic E-state index is 6.21. The molecule has 0 radical (unpaired) electrons. The van der Waals surface area contributed by atoms with Crippen LogP contribution in [0.15, 0.2) is 29.8 Å². The number of allylic oxidation sites excluding steroid dienone is 1. The van der Waals surface area contributed by atoms with Gasteiger partial charge in [-0.1, -0.05) is 18.2 Å². The highest BCUT2D eigenvalue weighted by Crippen LogP contribution is 2.43. The van der Waals surface area contributed by atoms with Crippen LogP contribution in [-0.4, -0.2) is 6.54 Å². The molecule has 0 amide bonds. The molecular weight excluding hydrogens is 194 g/mol. The molecule has 0 N–H and O–H groups in total. The molecule has 1 heterocycles. The Morgan fingerprint density at radius 2 is 2.00 bits per heavy atom. The zero-order chi connectivity index (χ0) is 9.54. The summed E-state index contributed by atoms with van der Waals surface area (Å²) in [7, 11) is 0. The van der Waals surface area contributed by atoms with Crippen LogP contribution in [0.4, 0.5) is 5.69 Å². The molecule has 0 saturated heterocycles. The molecule has 0 unspecified atom stereocenters. The van der Waals surface area contributed by atoms with E-state index in [0.29, 0.717) is 0 Å². The molecular formula is C12H12ClN. The lowest BCUT2D eigenvalue weighted by Crippen LogP contribution is -2.19. The zero-order valence-corrected chi connectivity index (χ0v) is 8.72. The van der Waals surface area contributed by atoms with E-state index in [-0.39, 0.29) is 0 Å². The molecule has 1 nitrogen and oxygen atoms in total. The number of halogens is 1. The normalized spacial score (nSPS) is 19.6. The largest absolute Gasteiger partial charge is 0.281 e. The van der Waals surface area contributed by atoms with Gasteiger partial charge in [-0.15, -0.1) is 0 Å². The minimum absolute atomic E-state index is 0.911. The molecule has 1 aliphatic heterocycles. The second-order valence-corrected chi connectivity index (χ2v) is 4.38. The van der Waals surface area contributed by atoms with E-state index in [1.54, 1.807) is 11.1 Å². The first-order chi connectivity index (χ1) is 6.86. The van der Waals surface area contributed by atoms with Crippen molar-refractivity contribution in [3.05, 3.63) is 35.4 Å². The van der Waals surface area contributed by atoms with Crippen LogP contribution in [0.25, 0.3) is 5.57 Å². The average Bonchev–Trinajstić information content (AvgIpc) is 2.66. The van der Waals surface area contributed by atoms with Crippen molar-refractivity contribution in [3.8, 4) is 0 Å². The number of rotatable bonds is 0. The van der Waals surface area contributed by atoms with Gasteiger partial charge in [0.2, 0.25) is 0 Å². The van der Waals surface area contributed by atoms with Gasteiger partial charge < -0.3 is 0 Å². The first kappa shape index (κ1) is 8.37. The summed E-state index contributed by atoms with van der Waals surface area (Å²) in [5.74, 6) is 0. The fourth-order valence-corrected chi connectivity index (χ4v) is 2.79. The first-order valence-electron chi connectivity index (χ1n) is 5.10. The maximum Gasteiger partial charge on any atom is 0.0602 e. The summed E-state index contributed by atoms with van der Waals surface area (Å²) in [6.07, 6.45) is 3.76. The van der Waals surface area contributed by atoms with Gasteiger partial charge in [0.25, 0.3) is 0 Å². The highest BCUT2D eigenvalue weighted by atomic mass is 35.5. The van der Waals surface area contributed by atoms with Crippen LogP contribution in [0.2, 0.25) is 0 Å². The Labute approximate surface area is 89.1 Å². The number of benzene rings is 1. The second kappa shape index (κ2) is 3.03. The van der Waals surface area contributed by atoms with E-state index in [1.807, 2.05) is 4.42 Å². The van der Waals surface area contributed by atoms with Crippen LogP contribution in [-0.2, 0) is 0 Å². The molecule has 1 aliphatic carbocycles. The third-order valence-corrected chi connectivity index (χ3v) is 3.45. The number of para-hydroxylation sites is 1. The van der Waals surface area contributed by atoms with Gasteiger partial charge in [-0.3, -0.25) is 4.42 Å². The SMILES string of the molecule is ClN1CC2=C(CCC2)c2ccccc21. The Balaban J connectivity index is 2.20. The molecule has 0 saturated carbocycles. The summed E-state index contributed by atoms with van der Waals surface area (Å²) in [6, 6.07) is 8.43. The quantitative estimate of drug-likeness (QED) is 0.585. The molecule has 0 bridgehead atoms. The summed E-state index contributed by atoms with van der Waals surface area (Å²) in [5, 5.41) is 0. The fraction of sp³-hybridized carbons (Fsp3) is 0.333. The van der Waals surface area contributed by atoms with E-state index in [2.05, 4.69) is 24.3 Å². The van der Waals surface area contributed by atoms with Gasteiger partial charge in [0.1, 0.15) is 0 Å². The number of fused-ring (bicyclic) bond motifs is 2. The van der Waals surface area contributed by atoms with E-state index in [1.165, 1.54) is 30.5 Å². The molecule has 14 heavy (non-hydrogen) atoms. The Bertz CT molecular complexity index is 409. The topological polar surface area (TPSA) is 3.24 Å². The summed E-state index contributed by atoms with van der Waals surface area (Å²) >= 11 is 6.21. The van der Waals surface area contributed by atoms with Crippen LogP contribution in [0.3, 0.4) is 0 Å². The first-order valence-corrected chi connectivity index (χ1v) is 5.43. The molecule has 3 rings (SSSR count). The van der Waals surface area contributed by atoms with E-state index < -0.39 is 0 Å². The highest BCUT2D eigenvalue weighted by Gasteiger charge is 2.25. The van der Waals surface area contributed by atoms with Crippen molar-refractivity contribution in [2.24, 2.45) is 0 Å². The summed E-state index contributed by atoms with van der Waals surface area (Å²) in [5.41, 5.74) is 5.62. The van der Waals surface area contributed by atoms with Crippen molar-refractivity contribution < 1.29 is 0 Å². The standard InChI is InChI=1S/C12H12ClN/c13-14-8-9-4-3-6-10(9)11-5-1-2-7-12(11)14/h1-2,5,7H,3-4,6,8H2. The van der Waals surface area contributed by atoms with Crippen molar-refractivity contribution in [3.63, 3.8) is 0 Å². The zero-order valence-electron chi connectivity index (χ0n) is 7.96. The number of hydrogen-bond donors (Lipinski definition) is 0. The molecule has 0 atom stereocenters. The minimum Gasteiger partial charge on any atom is -0.281 e. The van der Waals surface area contributed by atoms with Crippen molar-refractivity contribution in [2.75, 3.05) is 11.0 Å². The highest BCUT2D eigenvalue weighted by molar-refractivity contribution is 6.27. The Morgan fingerprint density at radius 1 is 1.14 bits per heavy atom. The second-order valence-electron chi connectivity index (χ2n) is 3.97. The lowest BCUT2D eigenvalue weighted by atomic mass is 9.97. The van der Waals surface area contributed by atoms with Crippen LogP contribution < -0.4 is 4.42 Å². The number of hydrogen-bond acceptors (Lipinski definition) is 1. The molecule has 2 aliphatic rings. The van der Waals surface area contributed by atoms with Crippen LogP contribution in [0.1, 0.15) is 24.8 Å². The van der Waals surface area contributed by atoms with Gasteiger partial charge in [-0.05, 0) is 36.5 Å². The monoisotopic (exact) mass is 205 g/mol. The van der Waals surface area contributed by atoms with E-state index >= 15 is 0 Å². The average molecular weight is 206 g/mol. The van der Waals surface area contributed by atoms with E-state index in [9.17, 15) is 0 Å². The Morgan fingerprint density at radius 3 is 2.93 bits per heavy atom. The summed E-state index contributed by atoms with van der Waals surface area (Å²) in [4.78, 5) is 0. The van der Waals surface area contributed by atoms with Crippen LogP contribution in [0, 0.1) is 0 Å². The molecule has 1 aromatic carbocycles. The van der Waals surface area contributed by atoms with Crippen molar-refractivity contribution in [1.29, 1.82) is 0 Å². The molecule has 0 fully saturated rings. The maximum atomic E-state index is 6.21.